The van der Waals surface area contributed by atoms with Gasteiger partial charge in [0.2, 0.25) is 0 Å². The molecule has 2 rings (SSSR count). The normalized spacial score (nSPS) is 11.8. The summed E-state index contributed by atoms with van der Waals surface area (Å²) in [7, 11) is 0. The van der Waals surface area contributed by atoms with E-state index in [1.54, 1.807) is 0 Å². The van der Waals surface area contributed by atoms with Crippen LogP contribution in [0.15, 0.2) is 41.4 Å². The number of aliphatic imine (C=N–C) groups is 1. The molecule has 0 radical (unpaired) electrons. The standard InChI is InChI=1S/C14H8ClF3N2O3/c15-12-3-1-9(6-11(12)14(16,17)18)19-7-8-5-10(20(22)23)2-4-13(8)21/h1-7,21H/p-1. The van der Waals surface area contributed by atoms with Gasteiger partial charge in [0.15, 0.2) is 0 Å². The van der Waals surface area contributed by atoms with Crippen molar-refractivity contribution >= 4 is 29.2 Å². The number of rotatable bonds is 3. The number of alkyl halides is 3. The number of nitro benzene ring substituents is 1. The zero-order chi connectivity index (χ0) is 17.2. The molecule has 0 saturated heterocycles. The molecule has 120 valence electrons. The number of nitro groups is 1. The Hall–Kier alpha value is -2.61. The van der Waals surface area contributed by atoms with Crippen LogP contribution in [0.4, 0.5) is 24.5 Å². The number of hydrogen-bond acceptors (Lipinski definition) is 4. The van der Waals surface area contributed by atoms with Gasteiger partial charge in [-0.25, -0.2) is 0 Å². The Morgan fingerprint density at radius 3 is 2.48 bits per heavy atom. The molecular weight excluding hydrogens is 337 g/mol. The predicted molar refractivity (Wildman–Crippen MR) is 76.3 cm³/mol. The molecule has 0 fully saturated rings. The van der Waals surface area contributed by atoms with Crippen LogP contribution in [0.5, 0.6) is 5.75 Å². The Bertz CT molecular complexity index is 791. The monoisotopic (exact) mass is 343 g/mol. The minimum atomic E-state index is -4.64. The molecule has 23 heavy (non-hydrogen) atoms. The second-order valence-electron chi connectivity index (χ2n) is 4.40. The second-order valence-corrected chi connectivity index (χ2v) is 4.81. The van der Waals surface area contributed by atoms with Gasteiger partial charge in [0.1, 0.15) is 0 Å². The van der Waals surface area contributed by atoms with Gasteiger partial charge in [0, 0.05) is 18.3 Å². The zero-order valence-electron chi connectivity index (χ0n) is 11.2. The van der Waals surface area contributed by atoms with Gasteiger partial charge in [-0.3, -0.25) is 15.1 Å². The largest absolute Gasteiger partial charge is 0.872 e. The summed E-state index contributed by atoms with van der Waals surface area (Å²) in [6, 6.07) is 6.00. The predicted octanol–water partition coefficient (Wildman–Crippen LogP) is 4.09. The number of non-ortho nitro benzene ring substituents is 1. The molecule has 0 bridgehead atoms. The van der Waals surface area contributed by atoms with Crippen LogP contribution in [-0.2, 0) is 6.18 Å². The second kappa shape index (κ2) is 6.25. The van der Waals surface area contributed by atoms with Crippen molar-refractivity contribution in [2.24, 2.45) is 4.99 Å². The van der Waals surface area contributed by atoms with E-state index in [0.717, 1.165) is 36.5 Å². The molecular formula is C14H7ClF3N2O3-. The summed E-state index contributed by atoms with van der Waals surface area (Å²) in [5, 5.41) is 21.8. The van der Waals surface area contributed by atoms with E-state index in [1.165, 1.54) is 6.07 Å². The van der Waals surface area contributed by atoms with Crippen molar-refractivity contribution < 1.29 is 23.2 Å². The van der Waals surface area contributed by atoms with Crippen molar-refractivity contribution in [1.82, 2.24) is 0 Å². The van der Waals surface area contributed by atoms with Crippen molar-refractivity contribution in [3.63, 3.8) is 0 Å². The maximum absolute atomic E-state index is 12.7. The lowest BCUT2D eigenvalue weighted by Gasteiger charge is -2.10. The molecule has 0 aliphatic carbocycles. The van der Waals surface area contributed by atoms with Crippen LogP contribution < -0.4 is 5.11 Å². The molecule has 0 aromatic heterocycles. The Labute approximate surface area is 132 Å². The topological polar surface area (TPSA) is 78.6 Å². The van der Waals surface area contributed by atoms with Crippen LogP contribution in [0.25, 0.3) is 0 Å². The average Bonchev–Trinajstić information content (AvgIpc) is 2.46. The maximum atomic E-state index is 12.7. The Balaban J connectivity index is 2.38. The number of hydrogen-bond donors (Lipinski definition) is 0. The molecule has 0 aliphatic rings. The Kier molecular flexibility index (Phi) is 4.55. The van der Waals surface area contributed by atoms with Crippen molar-refractivity contribution in [2.45, 2.75) is 6.18 Å². The van der Waals surface area contributed by atoms with Gasteiger partial charge >= 0.3 is 6.18 Å². The fourth-order valence-electron chi connectivity index (χ4n) is 1.71. The molecule has 0 spiro atoms. The number of halogens is 4. The van der Waals surface area contributed by atoms with Crippen LogP contribution in [0.3, 0.4) is 0 Å². The minimum Gasteiger partial charge on any atom is -0.872 e. The van der Waals surface area contributed by atoms with E-state index in [9.17, 15) is 28.4 Å². The molecule has 0 atom stereocenters. The molecule has 2 aromatic carbocycles. The number of benzene rings is 2. The van der Waals surface area contributed by atoms with E-state index < -0.39 is 27.4 Å². The highest BCUT2D eigenvalue weighted by atomic mass is 35.5. The lowest BCUT2D eigenvalue weighted by molar-refractivity contribution is -0.385. The first kappa shape index (κ1) is 16.8. The van der Waals surface area contributed by atoms with E-state index in [1.807, 2.05) is 0 Å². The van der Waals surface area contributed by atoms with Gasteiger partial charge in [-0.1, -0.05) is 23.4 Å². The van der Waals surface area contributed by atoms with Crippen LogP contribution in [0, 0.1) is 10.1 Å². The molecule has 0 heterocycles. The van der Waals surface area contributed by atoms with Crippen LogP contribution in [-0.4, -0.2) is 11.1 Å². The van der Waals surface area contributed by atoms with E-state index >= 15 is 0 Å². The van der Waals surface area contributed by atoms with E-state index in [2.05, 4.69) is 4.99 Å². The van der Waals surface area contributed by atoms with Gasteiger partial charge in [0.25, 0.3) is 5.69 Å². The summed E-state index contributed by atoms with van der Waals surface area (Å²) in [5.41, 5.74) is -1.58. The summed E-state index contributed by atoms with van der Waals surface area (Å²) in [6.07, 6.45) is -3.67. The molecule has 0 amide bonds. The molecule has 0 unspecified atom stereocenters. The van der Waals surface area contributed by atoms with E-state index in [-0.39, 0.29) is 16.9 Å². The zero-order valence-corrected chi connectivity index (χ0v) is 11.9. The third-order valence-corrected chi connectivity index (χ3v) is 3.14. The highest BCUT2D eigenvalue weighted by Crippen LogP contribution is 2.36. The highest BCUT2D eigenvalue weighted by molar-refractivity contribution is 6.31. The van der Waals surface area contributed by atoms with Gasteiger partial charge in [-0.15, -0.1) is 0 Å². The van der Waals surface area contributed by atoms with Gasteiger partial charge in [-0.2, -0.15) is 13.2 Å². The number of nitrogens with zero attached hydrogens (tertiary/aromatic N) is 2. The third kappa shape index (κ3) is 3.98. The summed E-state index contributed by atoms with van der Waals surface area (Å²) < 4.78 is 38.2. The third-order valence-electron chi connectivity index (χ3n) is 2.81. The molecule has 0 N–H and O–H groups in total. The first-order chi connectivity index (χ1) is 10.7. The van der Waals surface area contributed by atoms with Crippen LogP contribution in [0.2, 0.25) is 5.02 Å². The van der Waals surface area contributed by atoms with Crippen molar-refractivity contribution in [2.75, 3.05) is 0 Å². The van der Waals surface area contributed by atoms with Crippen LogP contribution in [0.1, 0.15) is 11.1 Å². The SMILES string of the molecule is O=[N+]([O-])c1ccc([O-])c(C=Nc2ccc(Cl)c(C(F)(F)F)c2)c1. The summed E-state index contributed by atoms with van der Waals surface area (Å²) in [5.74, 6) is -0.538. The average molecular weight is 344 g/mol. The summed E-state index contributed by atoms with van der Waals surface area (Å²) in [6.45, 7) is 0. The molecule has 9 heteroatoms. The first-order valence-electron chi connectivity index (χ1n) is 6.05. The molecule has 0 saturated carbocycles. The van der Waals surface area contributed by atoms with Gasteiger partial charge in [-0.05, 0) is 23.8 Å². The van der Waals surface area contributed by atoms with Gasteiger partial charge < -0.3 is 5.11 Å². The quantitative estimate of drug-likeness (QED) is 0.478. The Morgan fingerprint density at radius 2 is 1.87 bits per heavy atom. The summed E-state index contributed by atoms with van der Waals surface area (Å²) in [4.78, 5) is 13.7. The molecule has 5 nitrogen and oxygen atoms in total. The fraction of sp³-hybridized carbons (Fsp3) is 0.0714. The smallest absolute Gasteiger partial charge is 0.417 e. The lowest BCUT2D eigenvalue weighted by atomic mass is 10.2. The van der Waals surface area contributed by atoms with Crippen molar-refractivity contribution in [3.8, 4) is 5.75 Å². The van der Waals surface area contributed by atoms with Crippen molar-refractivity contribution in [3.05, 3.63) is 62.7 Å². The highest BCUT2D eigenvalue weighted by Gasteiger charge is 2.33. The maximum Gasteiger partial charge on any atom is 0.417 e. The summed E-state index contributed by atoms with van der Waals surface area (Å²) >= 11 is 5.48. The fourth-order valence-corrected chi connectivity index (χ4v) is 1.93. The van der Waals surface area contributed by atoms with Crippen LogP contribution >= 0.6 is 11.6 Å². The van der Waals surface area contributed by atoms with E-state index in [4.69, 9.17) is 11.6 Å². The lowest BCUT2D eigenvalue weighted by Crippen LogP contribution is -2.05. The molecule has 2 aromatic rings. The van der Waals surface area contributed by atoms with Gasteiger partial charge in [0.05, 0.1) is 21.2 Å². The minimum absolute atomic E-state index is 0.0902. The first-order valence-corrected chi connectivity index (χ1v) is 6.42. The van der Waals surface area contributed by atoms with E-state index in [0.29, 0.717) is 0 Å². The molecule has 0 aliphatic heterocycles. The van der Waals surface area contributed by atoms with Crippen molar-refractivity contribution in [1.29, 1.82) is 0 Å². The Morgan fingerprint density at radius 1 is 1.17 bits per heavy atom.